The van der Waals surface area contributed by atoms with E-state index >= 15 is 0 Å². The fourth-order valence-corrected chi connectivity index (χ4v) is 4.16. The number of rotatable bonds is 6. The van der Waals surface area contributed by atoms with Crippen molar-refractivity contribution in [1.82, 2.24) is 4.72 Å². The highest BCUT2D eigenvalue weighted by molar-refractivity contribution is 7.89. The molecule has 3 rings (SSSR count). The van der Waals surface area contributed by atoms with E-state index in [1.54, 1.807) is 18.2 Å². The van der Waals surface area contributed by atoms with E-state index in [0.717, 1.165) is 32.4 Å². The van der Waals surface area contributed by atoms with Crippen molar-refractivity contribution >= 4 is 21.7 Å². The maximum atomic E-state index is 12.8. The summed E-state index contributed by atoms with van der Waals surface area (Å²) < 4.78 is 33.2. The zero-order chi connectivity index (χ0) is 17.9. The van der Waals surface area contributed by atoms with Crippen LogP contribution < -0.4 is 9.62 Å². The lowest BCUT2D eigenvalue weighted by atomic mass is 10.1. The molecule has 1 saturated heterocycles. The Balaban J connectivity index is 1.95. The Bertz CT molecular complexity index is 840. The number of hydrogen-bond acceptors (Lipinski definition) is 5. The van der Waals surface area contributed by atoms with Gasteiger partial charge >= 0.3 is 5.97 Å². The van der Waals surface area contributed by atoms with Gasteiger partial charge in [-0.05, 0) is 49.6 Å². The second kappa shape index (κ2) is 7.28. The van der Waals surface area contributed by atoms with Gasteiger partial charge in [0.1, 0.15) is 10.7 Å². The number of furan rings is 1. The fraction of sp³-hybridized carbons (Fsp3) is 0.353. The number of anilines is 1. The Hall–Kier alpha value is -2.32. The van der Waals surface area contributed by atoms with E-state index in [1.807, 2.05) is 4.90 Å². The average Bonchev–Trinajstić information content (AvgIpc) is 3.14. The van der Waals surface area contributed by atoms with E-state index in [0.29, 0.717) is 11.4 Å². The van der Waals surface area contributed by atoms with Crippen LogP contribution in [0.4, 0.5) is 5.69 Å². The highest BCUT2D eigenvalue weighted by Gasteiger charge is 2.25. The van der Waals surface area contributed by atoms with E-state index in [4.69, 9.17) is 4.42 Å². The smallest absolute Gasteiger partial charge is 0.335 e. The first-order chi connectivity index (χ1) is 12.0. The largest absolute Gasteiger partial charge is 0.478 e. The third-order valence-electron chi connectivity index (χ3n) is 4.21. The van der Waals surface area contributed by atoms with Crippen LogP contribution in [0.2, 0.25) is 0 Å². The first-order valence-electron chi connectivity index (χ1n) is 8.12. The molecule has 0 saturated carbocycles. The van der Waals surface area contributed by atoms with Crippen LogP contribution in [0, 0.1) is 0 Å². The van der Waals surface area contributed by atoms with Crippen LogP contribution in [0.3, 0.4) is 0 Å². The van der Waals surface area contributed by atoms with Gasteiger partial charge in [-0.1, -0.05) is 0 Å². The van der Waals surface area contributed by atoms with Gasteiger partial charge < -0.3 is 14.4 Å². The molecule has 8 heteroatoms. The Morgan fingerprint density at radius 3 is 2.60 bits per heavy atom. The number of nitrogens with zero attached hydrogens (tertiary/aromatic N) is 1. The highest BCUT2D eigenvalue weighted by Crippen LogP contribution is 2.29. The van der Waals surface area contributed by atoms with Crippen LogP contribution in [0.5, 0.6) is 0 Å². The second-order valence-corrected chi connectivity index (χ2v) is 7.67. The maximum Gasteiger partial charge on any atom is 0.335 e. The molecule has 7 nitrogen and oxygen atoms in total. The van der Waals surface area contributed by atoms with Gasteiger partial charge in [0.2, 0.25) is 10.0 Å². The van der Waals surface area contributed by atoms with E-state index in [-0.39, 0.29) is 17.0 Å². The number of piperidine rings is 1. The molecule has 1 fully saturated rings. The fourth-order valence-electron chi connectivity index (χ4n) is 2.92. The van der Waals surface area contributed by atoms with Crippen LogP contribution in [-0.4, -0.2) is 32.6 Å². The molecule has 1 aliphatic heterocycles. The molecule has 1 aliphatic rings. The quantitative estimate of drug-likeness (QED) is 0.817. The van der Waals surface area contributed by atoms with Crippen molar-refractivity contribution in [1.29, 1.82) is 0 Å². The van der Waals surface area contributed by atoms with Crippen molar-refractivity contribution in [2.24, 2.45) is 0 Å². The van der Waals surface area contributed by atoms with Gasteiger partial charge in [0, 0.05) is 13.1 Å². The summed E-state index contributed by atoms with van der Waals surface area (Å²) in [5.74, 6) is -0.676. The first kappa shape index (κ1) is 17.5. The van der Waals surface area contributed by atoms with Gasteiger partial charge in [0.25, 0.3) is 0 Å². The predicted octanol–water partition coefficient (Wildman–Crippen LogP) is 2.45. The number of benzene rings is 1. The van der Waals surface area contributed by atoms with Crippen LogP contribution >= 0.6 is 0 Å². The lowest BCUT2D eigenvalue weighted by Gasteiger charge is -2.30. The summed E-state index contributed by atoms with van der Waals surface area (Å²) in [5.41, 5.74) is 0.482. The topological polar surface area (TPSA) is 99.9 Å². The van der Waals surface area contributed by atoms with E-state index in [1.165, 1.54) is 18.4 Å². The normalized spacial score (nSPS) is 15.3. The molecule has 1 aromatic carbocycles. The molecular formula is C17H20N2O5S. The number of carbonyl (C=O) groups is 1. The number of sulfonamides is 1. The molecule has 134 valence electrons. The monoisotopic (exact) mass is 364 g/mol. The zero-order valence-corrected chi connectivity index (χ0v) is 14.5. The minimum absolute atomic E-state index is 0.00602. The average molecular weight is 364 g/mol. The molecule has 0 bridgehead atoms. The van der Waals surface area contributed by atoms with Crippen molar-refractivity contribution in [3.05, 3.63) is 47.9 Å². The highest BCUT2D eigenvalue weighted by atomic mass is 32.2. The number of nitrogens with one attached hydrogen (secondary N) is 1. The summed E-state index contributed by atoms with van der Waals surface area (Å²) in [4.78, 5) is 13.3. The van der Waals surface area contributed by atoms with Crippen molar-refractivity contribution in [3.8, 4) is 0 Å². The summed E-state index contributed by atoms with van der Waals surface area (Å²) in [6, 6.07) is 7.58. The number of carboxylic acids is 1. The third-order valence-corrected chi connectivity index (χ3v) is 5.64. The number of aromatic carboxylic acids is 1. The molecule has 0 unspecified atom stereocenters. The Morgan fingerprint density at radius 2 is 1.96 bits per heavy atom. The van der Waals surface area contributed by atoms with Crippen molar-refractivity contribution < 1.29 is 22.7 Å². The molecule has 2 N–H and O–H groups in total. The number of carboxylic acid groups (broad SMARTS) is 1. The Kier molecular flexibility index (Phi) is 5.10. The lowest BCUT2D eigenvalue weighted by Crippen LogP contribution is -2.32. The van der Waals surface area contributed by atoms with Gasteiger partial charge in [-0.3, -0.25) is 0 Å². The summed E-state index contributed by atoms with van der Waals surface area (Å²) in [5, 5.41) is 9.21. The molecule has 0 atom stereocenters. The lowest BCUT2D eigenvalue weighted by molar-refractivity contribution is 0.0696. The summed E-state index contributed by atoms with van der Waals surface area (Å²) >= 11 is 0. The van der Waals surface area contributed by atoms with Gasteiger partial charge in [-0.2, -0.15) is 0 Å². The molecule has 0 aliphatic carbocycles. The summed E-state index contributed by atoms with van der Waals surface area (Å²) in [6.07, 6.45) is 4.55. The number of hydrogen-bond donors (Lipinski definition) is 2. The standard InChI is InChI=1S/C17H20N2O5S/c20-17(21)13-6-7-15(19-8-2-1-3-9-19)16(11-13)25(22,23)18-12-14-5-4-10-24-14/h4-7,10-11,18H,1-3,8-9,12H2,(H,20,21). The van der Waals surface area contributed by atoms with Gasteiger partial charge in [0.05, 0.1) is 24.1 Å². The molecule has 2 heterocycles. The van der Waals surface area contributed by atoms with Gasteiger partial charge in [-0.25, -0.2) is 17.9 Å². The Morgan fingerprint density at radius 1 is 1.20 bits per heavy atom. The van der Waals surface area contributed by atoms with E-state index in [9.17, 15) is 18.3 Å². The minimum Gasteiger partial charge on any atom is -0.478 e. The van der Waals surface area contributed by atoms with Crippen LogP contribution in [0.25, 0.3) is 0 Å². The van der Waals surface area contributed by atoms with Crippen LogP contribution in [-0.2, 0) is 16.6 Å². The first-order valence-corrected chi connectivity index (χ1v) is 9.60. The molecule has 2 aromatic rings. The molecule has 0 radical (unpaired) electrons. The maximum absolute atomic E-state index is 12.8. The molecule has 0 spiro atoms. The van der Waals surface area contributed by atoms with Gasteiger partial charge in [-0.15, -0.1) is 0 Å². The SMILES string of the molecule is O=C(O)c1ccc(N2CCCCC2)c(S(=O)(=O)NCc2ccco2)c1. The predicted molar refractivity (Wildman–Crippen MR) is 92.2 cm³/mol. The van der Waals surface area contributed by atoms with Crippen molar-refractivity contribution in [2.45, 2.75) is 30.7 Å². The van der Waals surface area contributed by atoms with Crippen LogP contribution in [0.15, 0.2) is 45.9 Å². The van der Waals surface area contributed by atoms with E-state index in [2.05, 4.69) is 4.72 Å². The van der Waals surface area contributed by atoms with Crippen molar-refractivity contribution in [3.63, 3.8) is 0 Å². The Labute approximate surface area is 146 Å². The summed E-state index contributed by atoms with van der Waals surface area (Å²) in [6.45, 7) is 1.52. The molecule has 1 aromatic heterocycles. The molecule has 25 heavy (non-hydrogen) atoms. The third kappa shape index (κ3) is 4.02. The van der Waals surface area contributed by atoms with Crippen molar-refractivity contribution in [2.75, 3.05) is 18.0 Å². The molecular weight excluding hydrogens is 344 g/mol. The van der Waals surface area contributed by atoms with Crippen LogP contribution in [0.1, 0.15) is 35.4 Å². The molecule has 0 amide bonds. The van der Waals surface area contributed by atoms with Gasteiger partial charge in [0.15, 0.2) is 0 Å². The second-order valence-electron chi connectivity index (χ2n) is 5.94. The zero-order valence-electron chi connectivity index (χ0n) is 13.6. The summed E-state index contributed by atoms with van der Waals surface area (Å²) in [7, 11) is -3.89. The van der Waals surface area contributed by atoms with E-state index < -0.39 is 16.0 Å². The minimum atomic E-state index is -3.89.